The maximum Gasteiger partial charge on any atom is 0.320 e. The molecule has 3 aliphatic rings. The monoisotopic (exact) mass is 356 g/mol. The number of hydrogen-bond acceptors (Lipinski definition) is 4. The van der Waals surface area contributed by atoms with Gasteiger partial charge in [0.15, 0.2) is 0 Å². The molecule has 26 heavy (non-hydrogen) atoms. The van der Waals surface area contributed by atoms with Gasteiger partial charge in [-0.15, -0.1) is 0 Å². The zero-order valence-electron chi connectivity index (χ0n) is 15.8. The van der Waals surface area contributed by atoms with Crippen LogP contribution < -0.4 is 0 Å². The summed E-state index contributed by atoms with van der Waals surface area (Å²) in [7, 11) is 0. The number of carbonyl (C=O) groups is 1. The van der Waals surface area contributed by atoms with Gasteiger partial charge in [-0.25, -0.2) is 0 Å². The number of fused-ring (bicyclic) bond motifs is 3. The maximum absolute atomic E-state index is 12.6. The van der Waals surface area contributed by atoms with Gasteiger partial charge in [-0.1, -0.05) is 56.0 Å². The Morgan fingerprint density at radius 1 is 0.923 bits per heavy atom. The summed E-state index contributed by atoms with van der Waals surface area (Å²) in [5.41, 5.74) is 1.06. The third-order valence-corrected chi connectivity index (χ3v) is 6.49. The quantitative estimate of drug-likeness (QED) is 0.765. The molecule has 2 heterocycles. The van der Waals surface area contributed by atoms with Crippen molar-refractivity contribution < 1.29 is 9.53 Å². The van der Waals surface area contributed by atoms with E-state index in [0.717, 1.165) is 5.56 Å². The second-order valence-corrected chi connectivity index (χ2v) is 8.16. The molecule has 1 aromatic rings. The van der Waals surface area contributed by atoms with E-state index >= 15 is 0 Å². The second-order valence-electron chi connectivity index (χ2n) is 8.16. The number of esters is 1. The molecule has 1 aliphatic carbocycles. The lowest BCUT2D eigenvalue weighted by molar-refractivity contribution is -0.147. The highest BCUT2D eigenvalue weighted by atomic mass is 16.5. The van der Waals surface area contributed by atoms with Crippen LogP contribution in [-0.2, 0) is 16.1 Å². The molecular weight excluding hydrogens is 324 g/mol. The molecule has 0 N–H and O–H groups in total. The first-order chi connectivity index (χ1) is 12.8. The molecule has 142 valence electrons. The fraction of sp³-hybridized carbons (Fsp3) is 0.682. The van der Waals surface area contributed by atoms with E-state index in [2.05, 4.69) is 9.80 Å². The molecule has 3 unspecified atom stereocenters. The van der Waals surface area contributed by atoms with Gasteiger partial charge in [-0.2, -0.15) is 0 Å². The molecule has 0 radical (unpaired) electrons. The average Bonchev–Trinajstić information content (AvgIpc) is 2.93. The van der Waals surface area contributed by atoms with Gasteiger partial charge in [0.1, 0.15) is 6.61 Å². The average molecular weight is 357 g/mol. The molecule has 4 nitrogen and oxygen atoms in total. The Bertz CT molecular complexity index is 591. The Hall–Kier alpha value is -1.39. The molecule has 3 atom stereocenters. The molecule has 3 fully saturated rings. The first-order valence-electron chi connectivity index (χ1n) is 10.5. The van der Waals surface area contributed by atoms with E-state index < -0.39 is 0 Å². The second kappa shape index (κ2) is 8.53. The maximum atomic E-state index is 12.6. The highest BCUT2D eigenvalue weighted by Gasteiger charge is 2.47. The Morgan fingerprint density at radius 2 is 1.65 bits per heavy atom. The number of carbonyl (C=O) groups excluding carboxylic acids is 1. The summed E-state index contributed by atoms with van der Waals surface area (Å²) in [5, 5.41) is 0. The minimum Gasteiger partial charge on any atom is -0.460 e. The number of nitrogens with zero attached hydrogens (tertiary/aromatic N) is 2. The van der Waals surface area contributed by atoms with Crippen molar-refractivity contribution in [1.82, 2.24) is 9.80 Å². The molecular formula is C22H32N2O2. The molecule has 4 heteroatoms. The molecule has 4 rings (SSSR count). The lowest BCUT2D eigenvalue weighted by atomic mass is 9.92. The minimum absolute atomic E-state index is 0.0675. The molecule has 1 saturated carbocycles. The van der Waals surface area contributed by atoms with Gasteiger partial charge in [0, 0.05) is 12.1 Å². The summed E-state index contributed by atoms with van der Waals surface area (Å²) in [5.74, 6) is -0.0675. The van der Waals surface area contributed by atoms with E-state index in [1.54, 1.807) is 0 Å². The minimum atomic E-state index is -0.0675. The Balaban J connectivity index is 1.42. The molecule has 0 aromatic heterocycles. The van der Waals surface area contributed by atoms with E-state index in [1.165, 1.54) is 64.3 Å². The van der Waals surface area contributed by atoms with Crippen molar-refractivity contribution in [3.8, 4) is 0 Å². The van der Waals surface area contributed by atoms with Gasteiger partial charge >= 0.3 is 5.97 Å². The molecule has 1 aromatic carbocycles. The Kier molecular flexibility index (Phi) is 5.91. The number of rotatable bonds is 4. The van der Waals surface area contributed by atoms with E-state index in [1.807, 2.05) is 30.3 Å². The zero-order valence-corrected chi connectivity index (χ0v) is 15.8. The number of hydrogen-bond donors (Lipinski definition) is 0. The summed E-state index contributed by atoms with van der Waals surface area (Å²) < 4.78 is 5.61. The van der Waals surface area contributed by atoms with Gasteiger partial charge in [0.25, 0.3) is 0 Å². The van der Waals surface area contributed by atoms with Crippen molar-refractivity contribution in [3.63, 3.8) is 0 Å². The fourth-order valence-corrected chi connectivity index (χ4v) is 5.27. The topological polar surface area (TPSA) is 32.8 Å². The van der Waals surface area contributed by atoms with Crippen LogP contribution in [0.5, 0.6) is 0 Å². The Labute approximate surface area is 157 Å². The third-order valence-electron chi connectivity index (χ3n) is 6.49. The van der Waals surface area contributed by atoms with E-state index in [4.69, 9.17) is 4.74 Å². The fourth-order valence-electron chi connectivity index (χ4n) is 5.27. The van der Waals surface area contributed by atoms with Crippen LogP contribution in [0.4, 0.5) is 0 Å². The Morgan fingerprint density at radius 3 is 2.46 bits per heavy atom. The van der Waals surface area contributed by atoms with Crippen molar-refractivity contribution in [3.05, 3.63) is 35.9 Å². The van der Waals surface area contributed by atoms with Crippen molar-refractivity contribution in [1.29, 1.82) is 0 Å². The van der Waals surface area contributed by atoms with Crippen LogP contribution in [0, 0.1) is 0 Å². The summed E-state index contributed by atoms with van der Waals surface area (Å²) in [6.07, 6.45) is 12.2. The van der Waals surface area contributed by atoms with E-state index in [9.17, 15) is 4.79 Å². The van der Waals surface area contributed by atoms with Gasteiger partial charge in [-0.05, 0) is 44.2 Å². The van der Waals surface area contributed by atoms with E-state index in [0.29, 0.717) is 31.4 Å². The van der Waals surface area contributed by atoms with Crippen LogP contribution in [0.3, 0.4) is 0 Å². The van der Waals surface area contributed by atoms with Gasteiger partial charge in [-0.3, -0.25) is 14.6 Å². The highest BCUT2D eigenvalue weighted by molar-refractivity contribution is 5.71. The van der Waals surface area contributed by atoms with Crippen LogP contribution >= 0.6 is 0 Å². The lowest BCUT2D eigenvalue weighted by Gasteiger charge is -2.35. The SMILES string of the molecule is O=C(CN1C2CCCCCCC2N2CCCCC21)OCc1ccccc1. The molecule has 0 bridgehead atoms. The van der Waals surface area contributed by atoms with Crippen molar-refractivity contribution in [2.45, 2.75) is 82.6 Å². The van der Waals surface area contributed by atoms with Crippen molar-refractivity contribution in [2.75, 3.05) is 13.1 Å². The van der Waals surface area contributed by atoms with Crippen molar-refractivity contribution in [2.24, 2.45) is 0 Å². The smallest absolute Gasteiger partial charge is 0.320 e. The lowest BCUT2D eigenvalue weighted by Crippen LogP contribution is -2.45. The predicted octanol–water partition coefficient (Wildman–Crippen LogP) is 3.95. The van der Waals surface area contributed by atoms with Crippen LogP contribution in [-0.4, -0.2) is 47.1 Å². The highest BCUT2D eigenvalue weighted by Crippen LogP contribution is 2.38. The number of piperidine rings is 1. The van der Waals surface area contributed by atoms with Crippen LogP contribution in [0.2, 0.25) is 0 Å². The summed E-state index contributed by atoms with van der Waals surface area (Å²) >= 11 is 0. The summed E-state index contributed by atoms with van der Waals surface area (Å²) in [4.78, 5) is 17.8. The first kappa shape index (κ1) is 18.0. The van der Waals surface area contributed by atoms with Crippen LogP contribution in [0.25, 0.3) is 0 Å². The normalized spacial score (nSPS) is 30.1. The molecule has 0 spiro atoms. The molecule has 0 amide bonds. The van der Waals surface area contributed by atoms with Gasteiger partial charge in [0.2, 0.25) is 0 Å². The third kappa shape index (κ3) is 3.96. The number of ether oxygens (including phenoxy) is 1. The first-order valence-corrected chi connectivity index (χ1v) is 10.5. The van der Waals surface area contributed by atoms with Crippen LogP contribution in [0.15, 0.2) is 30.3 Å². The van der Waals surface area contributed by atoms with Gasteiger partial charge in [0.05, 0.1) is 12.7 Å². The standard InChI is InChI=1S/C22H32N2O2/c25-22(26-17-18-10-4-3-5-11-18)16-24-20-13-7-2-1-6-12-19(20)23-15-9-8-14-21(23)24/h3-5,10-11,19-21H,1-2,6-9,12-17H2. The van der Waals surface area contributed by atoms with Crippen molar-refractivity contribution >= 4 is 5.97 Å². The largest absolute Gasteiger partial charge is 0.460 e. The predicted molar refractivity (Wildman–Crippen MR) is 103 cm³/mol. The van der Waals surface area contributed by atoms with E-state index in [-0.39, 0.29) is 5.97 Å². The molecule has 2 aliphatic heterocycles. The molecule has 2 saturated heterocycles. The van der Waals surface area contributed by atoms with Gasteiger partial charge < -0.3 is 4.74 Å². The summed E-state index contributed by atoms with van der Waals surface area (Å²) in [6.45, 7) is 2.05. The van der Waals surface area contributed by atoms with Crippen LogP contribution in [0.1, 0.15) is 63.4 Å². The zero-order chi connectivity index (χ0) is 17.8. The number of benzene rings is 1. The summed E-state index contributed by atoms with van der Waals surface area (Å²) in [6, 6.07) is 11.2.